The molecular formula is C12H13N3O4. The van der Waals surface area contributed by atoms with Crippen molar-refractivity contribution in [2.45, 2.75) is 13.0 Å². The van der Waals surface area contributed by atoms with Crippen LogP contribution in [0.3, 0.4) is 0 Å². The molecule has 100 valence electrons. The van der Waals surface area contributed by atoms with Gasteiger partial charge in [-0.2, -0.15) is 0 Å². The number of fused-ring (bicyclic) bond motifs is 1. The number of nitrogens with one attached hydrogen (secondary N) is 3. The van der Waals surface area contributed by atoms with E-state index in [-0.39, 0.29) is 10.8 Å². The maximum Gasteiger partial charge on any atom is 0.327 e. The highest BCUT2D eigenvalue weighted by Crippen LogP contribution is 2.17. The molecule has 1 heterocycles. The van der Waals surface area contributed by atoms with E-state index in [0.29, 0.717) is 5.69 Å². The van der Waals surface area contributed by atoms with Crippen LogP contribution in [0, 0.1) is 0 Å². The highest BCUT2D eigenvalue weighted by molar-refractivity contribution is 5.94. The predicted molar refractivity (Wildman–Crippen MR) is 70.3 cm³/mol. The van der Waals surface area contributed by atoms with Gasteiger partial charge in [-0.3, -0.25) is 19.8 Å². The first kappa shape index (κ1) is 12.9. The van der Waals surface area contributed by atoms with Crippen molar-refractivity contribution in [1.29, 1.82) is 0 Å². The lowest BCUT2D eigenvalue weighted by molar-refractivity contribution is -0.141. The van der Waals surface area contributed by atoms with Gasteiger partial charge in [-0.15, -0.1) is 0 Å². The summed E-state index contributed by atoms with van der Waals surface area (Å²) in [7, 11) is 1.28. The Balaban J connectivity index is 2.56. The van der Waals surface area contributed by atoms with Crippen LogP contribution in [0.4, 0.5) is 5.69 Å². The summed E-state index contributed by atoms with van der Waals surface area (Å²) in [5.41, 5.74) is -0.429. The number of carbonyl (C=O) groups is 1. The molecule has 1 aromatic carbocycles. The number of carbonyl (C=O) groups excluding carboxylic acids is 1. The summed E-state index contributed by atoms with van der Waals surface area (Å²) >= 11 is 0. The van der Waals surface area contributed by atoms with E-state index in [1.807, 2.05) is 0 Å². The van der Waals surface area contributed by atoms with Crippen LogP contribution < -0.4 is 16.4 Å². The first-order valence-corrected chi connectivity index (χ1v) is 5.62. The Morgan fingerprint density at radius 2 is 1.95 bits per heavy atom. The molecule has 2 aromatic rings. The van der Waals surface area contributed by atoms with Crippen molar-refractivity contribution in [2.75, 3.05) is 12.4 Å². The lowest BCUT2D eigenvalue weighted by Gasteiger charge is -2.14. The molecule has 0 radical (unpaired) electrons. The number of anilines is 1. The smallest absolute Gasteiger partial charge is 0.327 e. The van der Waals surface area contributed by atoms with Gasteiger partial charge in [0.15, 0.2) is 0 Å². The van der Waals surface area contributed by atoms with Crippen LogP contribution in [0.15, 0.2) is 27.8 Å². The van der Waals surface area contributed by atoms with Gasteiger partial charge in [0.1, 0.15) is 6.04 Å². The average Bonchev–Trinajstić information content (AvgIpc) is 2.42. The predicted octanol–water partition coefficient (Wildman–Crippen LogP) is 0.190. The number of benzene rings is 1. The standard InChI is InChI=1S/C12H13N3O4/c1-6(12(18)19-2)13-8-5-3-4-7-9(8)11(17)15-14-10(7)16/h3-6,13H,1-2H3,(H,14,16)(H,15,17). The summed E-state index contributed by atoms with van der Waals surface area (Å²) in [6.07, 6.45) is 0. The van der Waals surface area contributed by atoms with Crippen LogP contribution >= 0.6 is 0 Å². The number of methoxy groups -OCH3 is 1. The van der Waals surface area contributed by atoms with Gasteiger partial charge in [-0.1, -0.05) is 6.07 Å². The average molecular weight is 263 g/mol. The molecular weight excluding hydrogens is 250 g/mol. The van der Waals surface area contributed by atoms with E-state index in [2.05, 4.69) is 20.3 Å². The molecule has 0 bridgehead atoms. The first-order valence-electron chi connectivity index (χ1n) is 5.62. The third-order valence-electron chi connectivity index (χ3n) is 2.75. The van der Waals surface area contributed by atoms with E-state index in [1.54, 1.807) is 19.1 Å². The Morgan fingerprint density at radius 3 is 2.63 bits per heavy atom. The quantitative estimate of drug-likeness (QED) is 0.686. The first-order chi connectivity index (χ1) is 9.04. The van der Waals surface area contributed by atoms with Crippen molar-refractivity contribution in [3.63, 3.8) is 0 Å². The summed E-state index contributed by atoms with van der Waals surface area (Å²) in [5, 5.41) is 7.82. The van der Waals surface area contributed by atoms with Crippen molar-refractivity contribution in [2.24, 2.45) is 0 Å². The maximum atomic E-state index is 11.8. The van der Waals surface area contributed by atoms with E-state index in [9.17, 15) is 14.4 Å². The minimum atomic E-state index is -0.630. The highest BCUT2D eigenvalue weighted by Gasteiger charge is 2.15. The number of esters is 1. The molecule has 1 atom stereocenters. The molecule has 0 aliphatic carbocycles. The van der Waals surface area contributed by atoms with Gasteiger partial charge >= 0.3 is 5.97 Å². The summed E-state index contributed by atoms with van der Waals surface area (Å²) in [6.45, 7) is 1.60. The molecule has 19 heavy (non-hydrogen) atoms. The van der Waals surface area contributed by atoms with E-state index in [4.69, 9.17) is 0 Å². The van der Waals surface area contributed by atoms with Gasteiger partial charge in [0.05, 0.1) is 17.9 Å². The Kier molecular flexibility index (Phi) is 3.37. The monoisotopic (exact) mass is 263 g/mol. The van der Waals surface area contributed by atoms with Gasteiger partial charge in [-0.25, -0.2) is 4.79 Å². The second-order valence-electron chi connectivity index (χ2n) is 4.03. The van der Waals surface area contributed by atoms with Gasteiger partial charge in [0, 0.05) is 5.69 Å². The summed E-state index contributed by atoms with van der Waals surface area (Å²) in [4.78, 5) is 34.8. The zero-order chi connectivity index (χ0) is 14.0. The van der Waals surface area contributed by atoms with Gasteiger partial charge in [-0.05, 0) is 19.1 Å². The van der Waals surface area contributed by atoms with Crippen LogP contribution in [0.5, 0.6) is 0 Å². The minimum absolute atomic E-state index is 0.210. The molecule has 0 fully saturated rings. The van der Waals surface area contributed by atoms with Crippen LogP contribution in [0.1, 0.15) is 6.92 Å². The number of ether oxygens (including phenoxy) is 1. The van der Waals surface area contributed by atoms with Crippen LogP contribution in [0.2, 0.25) is 0 Å². The zero-order valence-electron chi connectivity index (χ0n) is 10.4. The third kappa shape index (κ3) is 2.35. The Morgan fingerprint density at radius 1 is 1.26 bits per heavy atom. The minimum Gasteiger partial charge on any atom is -0.467 e. The zero-order valence-corrected chi connectivity index (χ0v) is 10.4. The number of hydrogen-bond donors (Lipinski definition) is 3. The molecule has 7 heteroatoms. The molecule has 0 saturated heterocycles. The highest BCUT2D eigenvalue weighted by atomic mass is 16.5. The van der Waals surface area contributed by atoms with Gasteiger partial charge in [0.2, 0.25) is 0 Å². The SMILES string of the molecule is COC(=O)C(C)Nc1cccc2c(=O)[nH][nH]c(=O)c12. The van der Waals surface area contributed by atoms with E-state index >= 15 is 0 Å². The van der Waals surface area contributed by atoms with Crippen molar-refractivity contribution < 1.29 is 9.53 Å². The maximum absolute atomic E-state index is 11.8. The number of aromatic nitrogens is 2. The van der Waals surface area contributed by atoms with Gasteiger partial charge in [0.25, 0.3) is 11.1 Å². The number of aromatic amines is 2. The topological polar surface area (TPSA) is 104 Å². The Bertz CT molecular complexity index is 732. The molecule has 0 aliphatic rings. The fourth-order valence-corrected chi connectivity index (χ4v) is 1.82. The number of rotatable bonds is 3. The molecule has 2 rings (SSSR count). The lowest BCUT2D eigenvalue weighted by atomic mass is 10.1. The molecule has 1 aromatic heterocycles. The second kappa shape index (κ2) is 4.97. The molecule has 1 unspecified atom stereocenters. The second-order valence-corrected chi connectivity index (χ2v) is 4.03. The van der Waals surface area contributed by atoms with Crippen molar-refractivity contribution in [1.82, 2.24) is 10.2 Å². The fraction of sp³-hybridized carbons (Fsp3) is 0.250. The molecule has 0 amide bonds. The molecule has 0 spiro atoms. The Hall–Kier alpha value is -2.57. The van der Waals surface area contributed by atoms with Crippen molar-refractivity contribution >= 4 is 22.4 Å². The Labute approximate surface area is 107 Å². The normalized spacial score (nSPS) is 12.1. The third-order valence-corrected chi connectivity index (χ3v) is 2.75. The summed E-state index contributed by atoms with van der Waals surface area (Å²) < 4.78 is 4.59. The number of hydrogen-bond acceptors (Lipinski definition) is 5. The fourth-order valence-electron chi connectivity index (χ4n) is 1.82. The molecule has 7 nitrogen and oxygen atoms in total. The van der Waals surface area contributed by atoms with Crippen LogP contribution in [-0.4, -0.2) is 29.3 Å². The summed E-state index contributed by atoms with van der Waals surface area (Å²) in [6, 6.07) is 4.16. The largest absolute Gasteiger partial charge is 0.467 e. The molecule has 0 aliphatic heterocycles. The van der Waals surface area contributed by atoms with Crippen molar-refractivity contribution in [3.05, 3.63) is 38.9 Å². The lowest BCUT2D eigenvalue weighted by Crippen LogP contribution is -2.28. The van der Waals surface area contributed by atoms with Crippen LogP contribution in [0.25, 0.3) is 10.8 Å². The van der Waals surface area contributed by atoms with Crippen molar-refractivity contribution in [3.8, 4) is 0 Å². The molecule has 3 N–H and O–H groups in total. The number of H-pyrrole nitrogens is 2. The van der Waals surface area contributed by atoms with E-state index in [1.165, 1.54) is 13.2 Å². The van der Waals surface area contributed by atoms with E-state index < -0.39 is 23.1 Å². The summed E-state index contributed by atoms with van der Waals surface area (Å²) in [5.74, 6) is -0.460. The molecule has 0 saturated carbocycles. The van der Waals surface area contributed by atoms with E-state index in [0.717, 1.165) is 0 Å². The van der Waals surface area contributed by atoms with Crippen LogP contribution in [-0.2, 0) is 9.53 Å². The van der Waals surface area contributed by atoms with Gasteiger partial charge < -0.3 is 10.1 Å².